The van der Waals surface area contributed by atoms with E-state index >= 15 is 0 Å². The highest BCUT2D eigenvalue weighted by Gasteiger charge is 2.27. The van der Waals surface area contributed by atoms with E-state index in [2.05, 4.69) is 5.32 Å². The van der Waals surface area contributed by atoms with Crippen molar-refractivity contribution in [3.8, 4) is 0 Å². The van der Waals surface area contributed by atoms with Gasteiger partial charge in [0.05, 0.1) is 6.61 Å². The van der Waals surface area contributed by atoms with Gasteiger partial charge in [-0.3, -0.25) is 0 Å². The predicted octanol–water partition coefficient (Wildman–Crippen LogP) is 1.50. The monoisotopic (exact) mass is 214 g/mol. The van der Waals surface area contributed by atoms with E-state index in [1.807, 2.05) is 13.8 Å². The molecule has 2 atom stereocenters. The average Bonchev–Trinajstić information content (AvgIpc) is 2.60. The van der Waals surface area contributed by atoms with Crippen LogP contribution in [0.25, 0.3) is 0 Å². The van der Waals surface area contributed by atoms with E-state index in [0.29, 0.717) is 25.0 Å². The van der Waals surface area contributed by atoms with Gasteiger partial charge in [-0.1, -0.05) is 6.42 Å². The van der Waals surface area contributed by atoms with Gasteiger partial charge in [0.15, 0.2) is 0 Å². The molecule has 1 saturated carbocycles. The second kappa shape index (κ2) is 5.95. The first-order valence-corrected chi connectivity index (χ1v) is 5.76. The highest BCUT2D eigenvalue weighted by atomic mass is 16.5. The Hall–Kier alpha value is -0.770. The van der Waals surface area contributed by atoms with E-state index in [-0.39, 0.29) is 12.1 Å². The number of hydrogen-bond acceptors (Lipinski definition) is 3. The van der Waals surface area contributed by atoms with Crippen LogP contribution in [0.2, 0.25) is 0 Å². The first-order chi connectivity index (χ1) is 7.13. The van der Waals surface area contributed by atoms with Gasteiger partial charge in [0.1, 0.15) is 0 Å². The SMILES string of the molecule is CC(C)NC(=O)OCC1CCCC1CN. The number of hydrogen-bond donors (Lipinski definition) is 2. The molecule has 88 valence electrons. The van der Waals surface area contributed by atoms with Crippen LogP contribution in [-0.2, 0) is 4.74 Å². The fourth-order valence-corrected chi connectivity index (χ4v) is 2.10. The van der Waals surface area contributed by atoms with Crippen LogP contribution in [0.1, 0.15) is 33.1 Å². The lowest BCUT2D eigenvalue weighted by molar-refractivity contribution is 0.115. The minimum Gasteiger partial charge on any atom is -0.449 e. The maximum Gasteiger partial charge on any atom is 0.407 e. The van der Waals surface area contributed by atoms with E-state index in [1.165, 1.54) is 12.8 Å². The van der Waals surface area contributed by atoms with Crippen molar-refractivity contribution in [3.63, 3.8) is 0 Å². The van der Waals surface area contributed by atoms with Crippen molar-refractivity contribution in [3.05, 3.63) is 0 Å². The molecule has 0 saturated heterocycles. The van der Waals surface area contributed by atoms with Gasteiger partial charge >= 0.3 is 6.09 Å². The highest BCUT2D eigenvalue weighted by molar-refractivity contribution is 5.67. The van der Waals surface area contributed by atoms with Crippen LogP contribution in [0, 0.1) is 11.8 Å². The molecule has 2 unspecified atom stereocenters. The lowest BCUT2D eigenvalue weighted by Crippen LogP contribution is -2.33. The number of alkyl carbamates (subject to hydrolysis) is 1. The lowest BCUT2D eigenvalue weighted by Gasteiger charge is -2.18. The van der Waals surface area contributed by atoms with Gasteiger partial charge in [0.2, 0.25) is 0 Å². The number of rotatable bonds is 4. The molecule has 0 radical (unpaired) electrons. The standard InChI is InChI=1S/C11H22N2O2/c1-8(2)13-11(14)15-7-10-5-3-4-9(10)6-12/h8-10H,3-7,12H2,1-2H3,(H,13,14). The Morgan fingerprint density at radius 3 is 2.73 bits per heavy atom. The Labute approximate surface area is 91.5 Å². The summed E-state index contributed by atoms with van der Waals surface area (Å²) in [6.07, 6.45) is 3.21. The molecule has 4 heteroatoms. The quantitative estimate of drug-likeness (QED) is 0.745. The molecule has 0 spiro atoms. The third kappa shape index (κ3) is 4.08. The summed E-state index contributed by atoms with van der Waals surface area (Å²) >= 11 is 0. The van der Waals surface area contributed by atoms with Crippen LogP contribution in [0.15, 0.2) is 0 Å². The number of ether oxygens (including phenoxy) is 1. The summed E-state index contributed by atoms with van der Waals surface area (Å²) in [6, 6.07) is 0.131. The van der Waals surface area contributed by atoms with Crippen LogP contribution in [-0.4, -0.2) is 25.3 Å². The average molecular weight is 214 g/mol. The third-order valence-electron chi connectivity index (χ3n) is 2.95. The summed E-state index contributed by atoms with van der Waals surface area (Å²) in [7, 11) is 0. The molecule has 1 fully saturated rings. The summed E-state index contributed by atoms with van der Waals surface area (Å²) in [5.41, 5.74) is 5.66. The third-order valence-corrected chi connectivity index (χ3v) is 2.95. The predicted molar refractivity (Wildman–Crippen MR) is 59.5 cm³/mol. The number of nitrogens with two attached hydrogens (primary N) is 1. The molecule has 1 aliphatic carbocycles. The van der Waals surface area contributed by atoms with Crippen LogP contribution >= 0.6 is 0 Å². The van der Waals surface area contributed by atoms with Crippen LogP contribution < -0.4 is 11.1 Å². The molecule has 15 heavy (non-hydrogen) atoms. The van der Waals surface area contributed by atoms with Crippen molar-refractivity contribution in [1.29, 1.82) is 0 Å². The van der Waals surface area contributed by atoms with Crippen molar-refractivity contribution < 1.29 is 9.53 Å². The van der Waals surface area contributed by atoms with E-state index < -0.39 is 0 Å². The number of nitrogens with one attached hydrogen (secondary N) is 1. The van der Waals surface area contributed by atoms with Crippen molar-refractivity contribution in [2.24, 2.45) is 17.6 Å². The summed E-state index contributed by atoms with van der Waals surface area (Å²) in [5, 5.41) is 2.71. The van der Waals surface area contributed by atoms with Crippen LogP contribution in [0.4, 0.5) is 4.79 Å². The summed E-state index contributed by atoms with van der Waals surface area (Å²) < 4.78 is 5.16. The Morgan fingerprint density at radius 2 is 2.13 bits per heavy atom. The Balaban J connectivity index is 2.21. The molecular formula is C11H22N2O2. The fraction of sp³-hybridized carbons (Fsp3) is 0.909. The van der Waals surface area contributed by atoms with E-state index in [1.54, 1.807) is 0 Å². The van der Waals surface area contributed by atoms with Crippen molar-refractivity contribution in [2.45, 2.75) is 39.2 Å². The molecule has 0 aliphatic heterocycles. The van der Waals surface area contributed by atoms with Crippen molar-refractivity contribution >= 4 is 6.09 Å². The first kappa shape index (κ1) is 12.3. The van der Waals surface area contributed by atoms with Gasteiger partial charge in [0.25, 0.3) is 0 Å². The molecule has 0 heterocycles. The maximum absolute atomic E-state index is 11.2. The molecule has 0 aromatic heterocycles. The minimum atomic E-state index is -0.312. The molecule has 1 aliphatic rings. The van der Waals surface area contributed by atoms with E-state index in [4.69, 9.17) is 10.5 Å². The molecule has 1 amide bonds. The van der Waals surface area contributed by atoms with Gasteiger partial charge in [0, 0.05) is 6.04 Å². The molecule has 0 bridgehead atoms. The zero-order valence-electron chi connectivity index (χ0n) is 9.66. The fourth-order valence-electron chi connectivity index (χ4n) is 2.10. The Kier molecular flexibility index (Phi) is 4.88. The van der Waals surface area contributed by atoms with Gasteiger partial charge in [-0.25, -0.2) is 4.79 Å². The normalized spacial score (nSPS) is 25.6. The first-order valence-electron chi connectivity index (χ1n) is 5.76. The highest BCUT2D eigenvalue weighted by Crippen LogP contribution is 2.30. The summed E-state index contributed by atoms with van der Waals surface area (Å²) in [6.45, 7) is 5.05. The van der Waals surface area contributed by atoms with E-state index in [9.17, 15) is 4.79 Å². The van der Waals surface area contributed by atoms with Crippen molar-refractivity contribution in [1.82, 2.24) is 5.32 Å². The summed E-state index contributed by atoms with van der Waals surface area (Å²) in [4.78, 5) is 11.2. The Morgan fingerprint density at radius 1 is 1.47 bits per heavy atom. The van der Waals surface area contributed by atoms with Gasteiger partial charge in [-0.15, -0.1) is 0 Å². The van der Waals surface area contributed by atoms with Crippen LogP contribution in [0.3, 0.4) is 0 Å². The van der Waals surface area contributed by atoms with Crippen LogP contribution in [0.5, 0.6) is 0 Å². The van der Waals surface area contributed by atoms with Crippen molar-refractivity contribution in [2.75, 3.05) is 13.2 Å². The zero-order valence-corrected chi connectivity index (χ0v) is 9.66. The second-order valence-electron chi connectivity index (χ2n) is 4.58. The largest absolute Gasteiger partial charge is 0.449 e. The van der Waals surface area contributed by atoms with Gasteiger partial charge in [-0.2, -0.15) is 0 Å². The molecule has 0 aromatic rings. The second-order valence-corrected chi connectivity index (χ2v) is 4.58. The zero-order chi connectivity index (χ0) is 11.3. The molecule has 4 nitrogen and oxygen atoms in total. The molecule has 0 aromatic carbocycles. The number of carbonyl (C=O) groups excluding carboxylic acids is 1. The number of amides is 1. The number of carbonyl (C=O) groups is 1. The molecular weight excluding hydrogens is 192 g/mol. The maximum atomic E-state index is 11.2. The molecule has 1 rings (SSSR count). The smallest absolute Gasteiger partial charge is 0.407 e. The Bertz CT molecular complexity index is 207. The molecule has 3 N–H and O–H groups in total. The summed E-state index contributed by atoms with van der Waals surface area (Å²) in [5.74, 6) is 1.00. The lowest BCUT2D eigenvalue weighted by atomic mass is 9.97. The van der Waals surface area contributed by atoms with Gasteiger partial charge in [-0.05, 0) is 45.1 Å². The topological polar surface area (TPSA) is 64.3 Å². The van der Waals surface area contributed by atoms with E-state index in [0.717, 1.165) is 6.42 Å². The minimum absolute atomic E-state index is 0.131. The van der Waals surface area contributed by atoms with Gasteiger partial charge < -0.3 is 15.8 Å².